The zero-order valence-electron chi connectivity index (χ0n) is 43.1. The number of imide groups is 1. The smallest absolute Gasteiger partial charge is 0.333 e. The summed E-state index contributed by atoms with van der Waals surface area (Å²) in [7, 11) is -12.0. The van der Waals surface area contributed by atoms with Crippen LogP contribution in [0.5, 0.6) is 0 Å². The lowest BCUT2D eigenvalue weighted by Gasteiger charge is -2.30. The van der Waals surface area contributed by atoms with Gasteiger partial charge in [-0.25, -0.2) is 4.79 Å². The molecule has 0 aliphatic carbocycles. The van der Waals surface area contributed by atoms with Gasteiger partial charge < -0.3 is 38.2 Å². The van der Waals surface area contributed by atoms with E-state index in [2.05, 4.69) is 0 Å². The summed E-state index contributed by atoms with van der Waals surface area (Å²) in [6.07, 6.45) is 7.71. The number of allylic oxidation sites excluding steroid dienone is 6. The maximum Gasteiger partial charge on any atom is 0.333 e. The van der Waals surface area contributed by atoms with Gasteiger partial charge >= 0.3 is 5.97 Å². The molecule has 3 heterocycles. The van der Waals surface area contributed by atoms with Crippen molar-refractivity contribution in [3.63, 3.8) is 0 Å². The van der Waals surface area contributed by atoms with Crippen molar-refractivity contribution in [2.45, 2.75) is 93.3 Å². The topological polar surface area (TPSA) is 288 Å². The molecule has 2 atom stereocenters. The largest absolute Gasteiger partial charge is 0.382 e. The fourth-order valence-electron chi connectivity index (χ4n) is 9.16. The van der Waals surface area contributed by atoms with Crippen LogP contribution in [-0.4, -0.2) is 171 Å². The summed E-state index contributed by atoms with van der Waals surface area (Å²) >= 11 is 0. The Balaban J connectivity index is 1.40. The van der Waals surface area contributed by atoms with Gasteiger partial charge in [-0.05, 0) is 88.9 Å². The maximum atomic E-state index is 12.9. The Morgan fingerprint density at radius 1 is 0.720 bits per heavy atom. The van der Waals surface area contributed by atoms with E-state index in [1.165, 1.54) is 24.3 Å². The highest BCUT2D eigenvalue weighted by Crippen LogP contribution is 2.51. The molecule has 3 aliphatic rings. The van der Waals surface area contributed by atoms with Crippen LogP contribution in [0, 0.1) is 0 Å². The van der Waals surface area contributed by atoms with E-state index in [1.54, 1.807) is 19.2 Å². The number of carbonyl (C=O) groups is 3. The van der Waals surface area contributed by atoms with Crippen molar-refractivity contribution in [2.75, 3.05) is 104 Å². The third kappa shape index (κ3) is 16.9. The molecule has 0 bridgehead atoms. The Morgan fingerprint density at radius 2 is 1.25 bits per heavy atom. The Morgan fingerprint density at radius 3 is 1.79 bits per heavy atom. The molecular weight excluding hydrogens is 1040 g/mol. The predicted octanol–water partition coefficient (Wildman–Crippen LogP) is 4.90. The molecule has 3 aliphatic heterocycles. The summed E-state index contributed by atoms with van der Waals surface area (Å²) < 4.78 is 138. The number of carbonyl (C=O) groups excluding carboxylic acids is 3. The molecule has 0 radical (unpaired) electrons. The molecular formula is C50H70N3O19S3+. The lowest BCUT2D eigenvalue weighted by atomic mass is 9.76. The van der Waals surface area contributed by atoms with Crippen molar-refractivity contribution in [3.8, 4) is 0 Å². The highest BCUT2D eigenvalue weighted by molar-refractivity contribution is 7.86. The number of benzene rings is 2. The molecule has 0 spiro atoms. The number of hydrogen-bond donors (Lipinski definition) is 3. The Kier molecular flexibility index (Phi) is 22.4. The molecule has 2 unspecified atom stereocenters. The Labute approximate surface area is 439 Å². The van der Waals surface area contributed by atoms with Gasteiger partial charge in [0, 0.05) is 74.0 Å². The predicted molar refractivity (Wildman–Crippen MR) is 274 cm³/mol. The van der Waals surface area contributed by atoms with Gasteiger partial charge in [-0.3, -0.25) is 23.2 Å². The summed E-state index contributed by atoms with van der Waals surface area (Å²) in [6, 6.07) is 8.50. The van der Waals surface area contributed by atoms with E-state index in [4.69, 9.17) is 33.3 Å². The van der Waals surface area contributed by atoms with Crippen molar-refractivity contribution in [2.24, 2.45) is 0 Å². The summed E-state index contributed by atoms with van der Waals surface area (Å²) in [5, 5.41) is 0.482. The van der Waals surface area contributed by atoms with Crippen LogP contribution in [0.4, 0.5) is 11.4 Å². The lowest BCUT2D eigenvalue weighted by Crippen LogP contribution is -2.33. The summed E-state index contributed by atoms with van der Waals surface area (Å²) in [4.78, 5) is 43.6. The van der Waals surface area contributed by atoms with E-state index in [1.807, 2.05) is 61.5 Å². The van der Waals surface area contributed by atoms with E-state index >= 15 is 0 Å². The van der Waals surface area contributed by atoms with Crippen LogP contribution in [0.1, 0.15) is 83.8 Å². The molecule has 1 saturated heterocycles. The molecule has 3 N–H and O–H groups in total. The second-order valence-electron chi connectivity index (χ2n) is 18.4. The monoisotopic (exact) mass is 1110 g/mol. The number of amides is 2. The van der Waals surface area contributed by atoms with Crippen molar-refractivity contribution < 1.29 is 91.1 Å². The number of likely N-dealkylation sites (N-methyl/N-ethyl adjacent to an activating group) is 1. The minimum atomic E-state index is -4.66. The van der Waals surface area contributed by atoms with Crippen LogP contribution >= 0.6 is 0 Å². The van der Waals surface area contributed by atoms with Crippen LogP contribution in [-0.2, 0) is 88.8 Å². The van der Waals surface area contributed by atoms with Crippen LogP contribution in [0.15, 0.2) is 81.8 Å². The van der Waals surface area contributed by atoms with Crippen LogP contribution in [0.2, 0.25) is 0 Å². The van der Waals surface area contributed by atoms with Gasteiger partial charge in [0.2, 0.25) is 5.69 Å². The molecule has 2 aromatic carbocycles. The Bertz CT molecular complexity index is 2810. The highest BCUT2D eigenvalue weighted by atomic mass is 32.2. The molecule has 416 valence electrons. The molecule has 22 nitrogen and oxygen atoms in total. The van der Waals surface area contributed by atoms with Gasteiger partial charge in [0.25, 0.3) is 42.2 Å². The highest BCUT2D eigenvalue weighted by Gasteiger charge is 2.48. The number of anilines is 1. The van der Waals surface area contributed by atoms with Gasteiger partial charge in [0.1, 0.15) is 6.54 Å². The van der Waals surface area contributed by atoms with E-state index in [0.29, 0.717) is 110 Å². The average Bonchev–Trinajstić information content (AvgIpc) is 3.88. The van der Waals surface area contributed by atoms with E-state index in [-0.39, 0.29) is 74.7 Å². The first-order valence-corrected chi connectivity index (χ1v) is 29.1. The van der Waals surface area contributed by atoms with Crippen molar-refractivity contribution in [1.29, 1.82) is 0 Å². The molecule has 25 heteroatoms. The van der Waals surface area contributed by atoms with Crippen molar-refractivity contribution in [3.05, 3.63) is 83.1 Å². The number of fused-ring (bicyclic) bond motifs is 2. The van der Waals surface area contributed by atoms with E-state index in [0.717, 1.165) is 0 Å². The molecule has 2 aromatic rings. The summed E-state index contributed by atoms with van der Waals surface area (Å²) in [6.45, 7) is 12.1. The third-order valence-electron chi connectivity index (χ3n) is 13.0. The zero-order valence-corrected chi connectivity index (χ0v) is 45.5. The quantitative estimate of drug-likeness (QED) is 0.0282. The number of ether oxygens (including phenoxy) is 6. The lowest BCUT2D eigenvalue weighted by molar-refractivity contribution is -0.438. The molecule has 0 saturated carbocycles. The second-order valence-corrected chi connectivity index (χ2v) is 22.8. The Hall–Kier alpha value is -4.77. The normalized spacial score (nSPS) is 19.8. The van der Waals surface area contributed by atoms with Crippen molar-refractivity contribution in [1.82, 2.24) is 5.06 Å². The number of methoxy groups -OCH3 is 1. The summed E-state index contributed by atoms with van der Waals surface area (Å²) in [5.74, 6) is -2.56. The number of hydrogen-bond acceptors (Lipinski definition) is 17. The number of rotatable bonds is 33. The van der Waals surface area contributed by atoms with Gasteiger partial charge in [0.15, 0.2) is 5.71 Å². The van der Waals surface area contributed by atoms with Crippen LogP contribution in [0.25, 0.3) is 0 Å². The van der Waals surface area contributed by atoms with Crippen LogP contribution < -0.4 is 4.90 Å². The van der Waals surface area contributed by atoms with Crippen molar-refractivity contribution >= 4 is 65.2 Å². The minimum Gasteiger partial charge on any atom is -0.382 e. The maximum absolute atomic E-state index is 12.9. The molecule has 1 fully saturated rings. The van der Waals surface area contributed by atoms with Gasteiger partial charge in [0.05, 0.1) is 93.4 Å². The SMILES string of the molecule is CCN1/C(=C/C=C(C)/C=C/C2=[N+](CCCC(=O)ON3C(=O)CCC3=O)c3ccc(S(=O)(=O)O)cc3C2(C)CCOCCOCCOCCOCCOCCOC)C(C)(CCCS(=O)(=O)O)c2cc(S(=O)(=O)O)ccc21. The second kappa shape index (κ2) is 27.5. The van der Waals surface area contributed by atoms with E-state index < -0.39 is 64.7 Å². The number of hydroxylamine groups is 2. The molecule has 5 rings (SSSR count). The average molecular weight is 1110 g/mol. The van der Waals surface area contributed by atoms with E-state index in [9.17, 15) is 53.3 Å². The van der Waals surface area contributed by atoms with Gasteiger partial charge in [-0.2, -0.15) is 29.8 Å². The molecule has 0 aromatic heterocycles. The zero-order chi connectivity index (χ0) is 55.0. The summed E-state index contributed by atoms with van der Waals surface area (Å²) in [5.41, 5.74) is 2.43. The molecule has 2 amide bonds. The molecule has 75 heavy (non-hydrogen) atoms. The van der Waals surface area contributed by atoms with Gasteiger partial charge in [-0.1, -0.05) is 17.7 Å². The first kappa shape index (κ1) is 61.1. The fourth-order valence-corrected chi connectivity index (χ4v) is 10.7. The third-order valence-corrected chi connectivity index (χ3v) is 15.5. The number of nitrogens with zero attached hydrogens (tertiary/aromatic N) is 3. The first-order chi connectivity index (χ1) is 35.4. The van der Waals surface area contributed by atoms with Gasteiger partial charge in [-0.15, -0.1) is 5.06 Å². The fraction of sp³-hybridized carbons (Fsp3) is 0.560. The first-order valence-electron chi connectivity index (χ1n) is 24.6. The van der Waals surface area contributed by atoms with Crippen LogP contribution in [0.3, 0.4) is 0 Å². The standard InChI is InChI=1S/C50H69N3O19S3/c1-6-51-42-14-12-38(74(60,61)62)35-40(42)49(3,20-8-34-73(57,58)59)44(51)16-10-37(2)11-17-45-50(4,21-23-67-26-27-69-30-31-71-33-32-70-29-28-68-25-24-66-5)41-36-39(75(63,64)65)13-15-43(41)52(45)22-7-9-48(56)72-53-46(54)18-19-47(53)55/h10-17,35-36H,6-9,18-34H2,1-5H3,(H2-,57,58,59,60,61,62,63,64,65)/p+1. The minimum absolute atomic E-state index is 0.0249.